The summed E-state index contributed by atoms with van der Waals surface area (Å²) in [5.41, 5.74) is 0. The van der Waals surface area contributed by atoms with E-state index in [0.717, 1.165) is 25.9 Å². The molecular weight excluding hydrogens is 188 g/mol. The minimum absolute atomic E-state index is 0.244. The Morgan fingerprint density at radius 2 is 2.00 bits per heavy atom. The Labute approximate surface area is 93.0 Å². The second kappa shape index (κ2) is 6.11. The molecule has 2 atom stereocenters. The molecule has 0 bridgehead atoms. The summed E-state index contributed by atoms with van der Waals surface area (Å²) in [5, 5.41) is 6.39. The Morgan fingerprint density at radius 1 is 1.33 bits per heavy atom. The normalized spacial score (nSPS) is 19.7. The van der Waals surface area contributed by atoms with E-state index in [1.165, 1.54) is 6.42 Å². The lowest BCUT2D eigenvalue weighted by Crippen LogP contribution is -2.38. The second-order valence-electron chi connectivity index (χ2n) is 4.69. The molecule has 1 aliphatic rings. The van der Waals surface area contributed by atoms with Crippen LogP contribution >= 0.6 is 0 Å². The van der Waals surface area contributed by atoms with Crippen LogP contribution in [0.2, 0.25) is 0 Å². The molecule has 2 N–H and O–H groups in total. The molecule has 1 fully saturated rings. The van der Waals surface area contributed by atoms with Gasteiger partial charge in [-0.05, 0) is 25.7 Å². The minimum Gasteiger partial charge on any atom is -0.355 e. The van der Waals surface area contributed by atoms with E-state index < -0.39 is 0 Å². The summed E-state index contributed by atoms with van der Waals surface area (Å²) in [6.07, 6.45) is 3.37. The van der Waals surface area contributed by atoms with Gasteiger partial charge in [0, 0.05) is 25.0 Å². The monoisotopic (exact) mass is 212 g/mol. The van der Waals surface area contributed by atoms with Crippen molar-refractivity contribution in [1.29, 1.82) is 0 Å². The molecule has 0 aliphatic heterocycles. The molecule has 0 aromatic rings. The first-order chi connectivity index (χ1) is 7.15. The summed E-state index contributed by atoms with van der Waals surface area (Å²) in [5.74, 6) is 1.27. The fourth-order valence-electron chi connectivity index (χ4n) is 1.53. The Kier molecular flexibility index (Phi) is 5.09. The van der Waals surface area contributed by atoms with Crippen molar-refractivity contribution in [1.82, 2.24) is 10.6 Å². The van der Waals surface area contributed by atoms with Crippen LogP contribution in [0.5, 0.6) is 0 Å². The van der Waals surface area contributed by atoms with Gasteiger partial charge in [-0.15, -0.1) is 0 Å². The van der Waals surface area contributed by atoms with Gasteiger partial charge in [-0.25, -0.2) is 0 Å². The molecule has 1 aliphatic carbocycles. The van der Waals surface area contributed by atoms with Crippen LogP contribution in [0.3, 0.4) is 0 Å². The van der Waals surface area contributed by atoms with E-state index in [1.807, 2.05) is 0 Å². The number of nitrogens with one attached hydrogen (secondary N) is 2. The largest absolute Gasteiger partial charge is 0.355 e. The lowest BCUT2D eigenvalue weighted by Gasteiger charge is -2.19. The summed E-state index contributed by atoms with van der Waals surface area (Å²) in [6, 6.07) is 0.535. The number of hydrogen-bond donors (Lipinski definition) is 2. The molecule has 1 saturated carbocycles. The summed E-state index contributed by atoms with van der Waals surface area (Å²) in [7, 11) is 0. The summed E-state index contributed by atoms with van der Waals surface area (Å²) < 4.78 is 0. The molecule has 0 unspecified atom stereocenters. The molecular formula is C12H24N2O. The SMILES string of the molecule is CC[C@H](C)[C@H](C)NCCNC(=O)C1CC1. The van der Waals surface area contributed by atoms with E-state index in [1.54, 1.807) is 0 Å². The van der Waals surface area contributed by atoms with E-state index in [2.05, 4.69) is 31.4 Å². The van der Waals surface area contributed by atoms with E-state index >= 15 is 0 Å². The van der Waals surface area contributed by atoms with Gasteiger partial charge in [-0.1, -0.05) is 20.3 Å². The van der Waals surface area contributed by atoms with Crippen molar-refractivity contribution in [3.05, 3.63) is 0 Å². The van der Waals surface area contributed by atoms with Crippen molar-refractivity contribution in [2.45, 2.75) is 46.1 Å². The zero-order valence-electron chi connectivity index (χ0n) is 10.2. The fraction of sp³-hybridized carbons (Fsp3) is 0.917. The number of rotatable bonds is 7. The third-order valence-electron chi connectivity index (χ3n) is 3.34. The maximum Gasteiger partial charge on any atom is 0.223 e. The van der Waals surface area contributed by atoms with Gasteiger partial charge in [0.05, 0.1) is 0 Å². The Hall–Kier alpha value is -0.570. The first kappa shape index (κ1) is 12.5. The maximum atomic E-state index is 11.3. The van der Waals surface area contributed by atoms with Gasteiger partial charge in [-0.2, -0.15) is 0 Å². The highest BCUT2D eigenvalue weighted by Crippen LogP contribution is 2.28. The molecule has 0 saturated heterocycles. The third kappa shape index (κ3) is 4.65. The van der Waals surface area contributed by atoms with Crippen molar-refractivity contribution in [2.24, 2.45) is 11.8 Å². The zero-order valence-corrected chi connectivity index (χ0v) is 10.2. The van der Waals surface area contributed by atoms with Crippen molar-refractivity contribution < 1.29 is 4.79 Å². The van der Waals surface area contributed by atoms with Crippen LogP contribution < -0.4 is 10.6 Å². The van der Waals surface area contributed by atoms with Crippen LogP contribution in [-0.4, -0.2) is 25.0 Å². The zero-order chi connectivity index (χ0) is 11.3. The quantitative estimate of drug-likeness (QED) is 0.628. The van der Waals surface area contributed by atoms with E-state index in [-0.39, 0.29) is 5.91 Å². The molecule has 1 amide bonds. The van der Waals surface area contributed by atoms with Crippen LogP contribution in [-0.2, 0) is 4.79 Å². The van der Waals surface area contributed by atoms with Gasteiger partial charge in [0.25, 0.3) is 0 Å². The van der Waals surface area contributed by atoms with Gasteiger partial charge >= 0.3 is 0 Å². The first-order valence-electron chi connectivity index (χ1n) is 6.16. The van der Waals surface area contributed by atoms with Gasteiger partial charge in [0.1, 0.15) is 0 Å². The highest BCUT2D eigenvalue weighted by atomic mass is 16.2. The highest BCUT2D eigenvalue weighted by molar-refractivity contribution is 5.80. The van der Waals surface area contributed by atoms with Crippen LogP contribution in [0.4, 0.5) is 0 Å². The van der Waals surface area contributed by atoms with E-state index in [9.17, 15) is 4.79 Å². The molecule has 0 aromatic carbocycles. The maximum absolute atomic E-state index is 11.3. The van der Waals surface area contributed by atoms with Crippen molar-refractivity contribution in [2.75, 3.05) is 13.1 Å². The predicted octanol–water partition coefficient (Wildman–Crippen LogP) is 1.54. The molecule has 15 heavy (non-hydrogen) atoms. The van der Waals surface area contributed by atoms with Gasteiger partial charge in [-0.3, -0.25) is 4.79 Å². The smallest absolute Gasteiger partial charge is 0.223 e. The molecule has 3 heteroatoms. The lowest BCUT2D eigenvalue weighted by atomic mass is 10.0. The minimum atomic E-state index is 0.244. The van der Waals surface area contributed by atoms with E-state index in [4.69, 9.17) is 0 Å². The Morgan fingerprint density at radius 3 is 2.53 bits per heavy atom. The first-order valence-corrected chi connectivity index (χ1v) is 6.16. The Balaban J connectivity index is 1.98. The van der Waals surface area contributed by atoms with Crippen molar-refractivity contribution in [3.63, 3.8) is 0 Å². The highest BCUT2D eigenvalue weighted by Gasteiger charge is 2.28. The van der Waals surface area contributed by atoms with Crippen LogP contribution in [0.25, 0.3) is 0 Å². The van der Waals surface area contributed by atoms with Gasteiger partial charge < -0.3 is 10.6 Å². The third-order valence-corrected chi connectivity index (χ3v) is 3.34. The molecule has 0 radical (unpaired) electrons. The number of carbonyl (C=O) groups excluding carboxylic acids is 1. The standard InChI is InChI=1S/C12H24N2O/c1-4-9(2)10(3)13-7-8-14-12(15)11-5-6-11/h9-11,13H,4-8H2,1-3H3,(H,14,15)/t9-,10-/m0/s1. The predicted molar refractivity (Wildman–Crippen MR) is 62.7 cm³/mol. The van der Waals surface area contributed by atoms with Gasteiger partial charge in [0.15, 0.2) is 0 Å². The fourth-order valence-corrected chi connectivity index (χ4v) is 1.53. The summed E-state index contributed by atoms with van der Waals surface area (Å²) in [6.45, 7) is 8.30. The number of amides is 1. The summed E-state index contributed by atoms with van der Waals surface area (Å²) >= 11 is 0. The molecule has 3 nitrogen and oxygen atoms in total. The van der Waals surface area contributed by atoms with E-state index in [0.29, 0.717) is 17.9 Å². The number of hydrogen-bond acceptors (Lipinski definition) is 2. The average molecular weight is 212 g/mol. The van der Waals surface area contributed by atoms with Gasteiger partial charge in [0.2, 0.25) is 5.91 Å². The number of carbonyl (C=O) groups is 1. The molecule has 0 heterocycles. The molecule has 0 spiro atoms. The summed E-state index contributed by atoms with van der Waals surface area (Å²) in [4.78, 5) is 11.3. The second-order valence-corrected chi connectivity index (χ2v) is 4.69. The topological polar surface area (TPSA) is 41.1 Å². The molecule has 1 rings (SSSR count). The van der Waals surface area contributed by atoms with Crippen LogP contribution in [0, 0.1) is 11.8 Å². The van der Waals surface area contributed by atoms with Crippen LogP contribution in [0.1, 0.15) is 40.0 Å². The lowest BCUT2D eigenvalue weighted by molar-refractivity contribution is -0.122. The van der Waals surface area contributed by atoms with Crippen molar-refractivity contribution >= 4 is 5.91 Å². The average Bonchev–Trinajstić information content (AvgIpc) is 3.06. The van der Waals surface area contributed by atoms with Crippen LogP contribution in [0.15, 0.2) is 0 Å². The molecule has 88 valence electrons. The Bertz CT molecular complexity index is 202. The molecule has 0 aromatic heterocycles. The van der Waals surface area contributed by atoms with Crippen molar-refractivity contribution in [3.8, 4) is 0 Å².